The molecule has 10 heteroatoms. The first-order valence-corrected chi connectivity index (χ1v) is 9.17. The van der Waals surface area contributed by atoms with Gasteiger partial charge in [0.15, 0.2) is 10.8 Å². The first-order chi connectivity index (χ1) is 13.6. The van der Waals surface area contributed by atoms with Crippen molar-refractivity contribution in [3.05, 3.63) is 63.3 Å². The standard InChI is InChI=1S/C19H19ClF3N5O/c1-11(2)28-10-15(19(21,22)23)25-17(28)13-6-4-12(5-7-13)9-24-14-8-16(20)26-27(3)18(14)29/h4-8,10-11,24H,9H2,1-3H3. The number of rotatable bonds is 5. The molecule has 0 atom stereocenters. The van der Waals surface area contributed by atoms with Crippen molar-refractivity contribution in [2.45, 2.75) is 32.6 Å². The van der Waals surface area contributed by atoms with Crippen LogP contribution in [0.25, 0.3) is 11.4 Å². The van der Waals surface area contributed by atoms with E-state index in [1.54, 1.807) is 38.1 Å². The van der Waals surface area contributed by atoms with Gasteiger partial charge in [0.05, 0.1) is 0 Å². The van der Waals surface area contributed by atoms with Crippen LogP contribution in [0.1, 0.15) is 31.1 Å². The molecular formula is C19H19ClF3N5O. The summed E-state index contributed by atoms with van der Waals surface area (Å²) >= 11 is 5.87. The van der Waals surface area contributed by atoms with Crippen molar-refractivity contribution in [2.75, 3.05) is 5.32 Å². The van der Waals surface area contributed by atoms with Gasteiger partial charge in [-0.05, 0) is 19.4 Å². The average Bonchev–Trinajstić information content (AvgIpc) is 3.10. The first kappa shape index (κ1) is 20.9. The fourth-order valence-corrected chi connectivity index (χ4v) is 3.03. The summed E-state index contributed by atoms with van der Waals surface area (Å²) < 4.78 is 41.8. The summed E-state index contributed by atoms with van der Waals surface area (Å²) in [6.07, 6.45) is -3.48. The Balaban J connectivity index is 1.83. The van der Waals surface area contributed by atoms with Crippen molar-refractivity contribution in [1.29, 1.82) is 0 Å². The Labute approximate surface area is 170 Å². The maximum atomic E-state index is 13.1. The predicted molar refractivity (Wildman–Crippen MR) is 105 cm³/mol. The normalized spacial score (nSPS) is 11.9. The van der Waals surface area contributed by atoms with Gasteiger partial charge in [0.1, 0.15) is 11.5 Å². The number of imidazole rings is 1. The van der Waals surface area contributed by atoms with E-state index in [4.69, 9.17) is 11.6 Å². The van der Waals surface area contributed by atoms with E-state index in [0.717, 1.165) is 16.4 Å². The molecule has 0 aliphatic rings. The van der Waals surface area contributed by atoms with Gasteiger partial charge in [-0.25, -0.2) is 9.67 Å². The lowest BCUT2D eigenvalue weighted by atomic mass is 10.1. The van der Waals surface area contributed by atoms with E-state index in [1.165, 1.54) is 17.7 Å². The average molecular weight is 426 g/mol. The van der Waals surface area contributed by atoms with Gasteiger partial charge in [0.25, 0.3) is 5.56 Å². The predicted octanol–water partition coefficient (Wildman–Crippen LogP) is 4.51. The second kappa shape index (κ2) is 7.90. The van der Waals surface area contributed by atoms with Crippen molar-refractivity contribution in [1.82, 2.24) is 19.3 Å². The molecule has 0 aliphatic carbocycles. The van der Waals surface area contributed by atoms with E-state index >= 15 is 0 Å². The van der Waals surface area contributed by atoms with Gasteiger partial charge in [-0.2, -0.15) is 18.3 Å². The molecule has 0 unspecified atom stereocenters. The summed E-state index contributed by atoms with van der Waals surface area (Å²) in [5.74, 6) is 0.251. The Hall–Kier alpha value is -2.81. The highest BCUT2D eigenvalue weighted by atomic mass is 35.5. The SMILES string of the molecule is CC(C)n1cc(C(F)(F)F)nc1-c1ccc(CNc2cc(Cl)nn(C)c2=O)cc1. The second-order valence-corrected chi connectivity index (χ2v) is 7.20. The molecule has 0 saturated carbocycles. The molecular weight excluding hydrogens is 407 g/mol. The lowest BCUT2D eigenvalue weighted by Crippen LogP contribution is -2.23. The molecule has 3 rings (SSSR count). The molecule has 0 bridgehead atoms. The molecule has 2 aromatic heterocycles. The summed E-state index contributed by atoms with van der Waals surface area (Å²) in [4.78, 5) is 15.8. The summed E-state index contributed by atoms with van der Waals surface area (Å²) in [5.41, 5.74) is 0.479. The Bertz CT molecular complexity index is 1070. The van der Waals surface area contributed by atoms with Gasteiger partial charge < -0.3 is 9.88 Å². The van der Waals surface area contributed by atoms with Gasteiger partial charge >= 0.3 is 6.18 Å². The fraction of sp³-hybridized carbons (Fsp3) is 0.316. The number of aryl methyl sites for hydroxylation is 1. The van der Waals surface area contributed by atoms with Gasteiger partial charge in [0, 0.05) is 37.5 Å². The Morgan fingerprint density at radius 2 is 1.86 bits per heavy atom. The van der Waals surface area contributed by atoms with Gasteiger partial charge in [-0.1, -0.05) is 35.9 Å². The van der Waals surface area contributed by atoms with E-state index in [2.05, 4.69) is 15.4 Å². The third-order valence-electron chi connectivity index (χ3n) is 4.31. The van der Waals surface area contributed by atoms with Crippen LogP contribution in [0, 0.1) is 0 Å². The number of halogens is 4. The molecule has 0 aliphatic heterocycles. The van der Waals surface area contributed by atoms with Gasteiger partial charge in [0.2, 0.25) is 0 Å². The molecule has 29 heavy (non-hydrogen) atoms. The Morgan fingerprint density at radius 3 is 2.45 bits per heavy atom. The minimum atomic E-state index is -4.50. The Morgan fingerprint density at radius 1 is 1.21 bits per heavy atom. The first-order valence-electron chi connectivity index (χ1n) is 8.79. The quantitative estimate of drug-likeness (QED) is 0.653. The number of hydrogen-bond donors (Lipinski definition) is 1. The van der Waals surface area contributed by atoms with Crippen molar-refractivity contribution in [3.8, 4) is 11.4 Å². The van der Waals surface area contributed by atoms with E-state index in [9.17, 15) is 18.0 Å². The minimum absolute atomic E-state index is 0.178. The number of hydrogen-bond acceptors (Lipinski definition) is 4. The molecule has 1 N–H and O–H groups in total. The van der Waals surface area contributed by atoms with Crippen molar-refractivity contribution in [2.24, 2.45) is 7.05 Å². The highest BCUT2D eigenvalue weighted by molar-refractivity contribution is 6.29. The zero-order valence-corrected chi connectivity index (χ0v) is 16.7. The lowest BCUT2D eigenvalue weighted by Gasteiger charge is -2.12. The van der Waals surface area contributed by atoms with Gasteiger partial charge in [-0.3, -0.25) is 4.79 Å². The third-order valence-corrected chi connectivity index (χ3v) is 4.49. The van der Waals surface area contributed by atoms with Crippen molar-refractivity contribution in [3.63, 3.8) is 0 Å². The van der Waals surface area contributed by atoms with Crippen LogP contribution in [0.2, 0.25) is 5.15 Å². The van der Waals surface area contributed by atoms with Crippen LogP contribution in [0.4, 0.5) is 18.9 Å². The van der Waals surface area contributed by atoms with Crippen LogP contribution in [0.3, 0.4) is 0 Å². The van der Waals surface area contributed by atoms with E-state index in [1.807, 2.05) is 0 Å². The number of benzene rings is 1. The lowest BCUT2D eigenvalue weighted by molar-refractivity contribution is -0.140. The largest absolute Gasteiger partial charge is 0.434 e. The minimum Gasteiger partial charge on any atom is -0.376 e. The molecule has 1 aromatic carbocycles. The number of alkyl halides is 3. The van der Waals surface area contributed by atoms with Gasteiger partial charge in [-0.15, -0.1) is 0 Å². The zero-order chi connectivity index (χ0) is 21.3. The molecule has 0 spiro atoms. The molecule has 0 radical (unpaired) electrons. The Kier molecular flexibility index (Phi) is 5.70. The number of nitrogens with zero attached hydrogens (tertiary/aromatic N) is 4. The zero-order valence-electron chi connectivity index (χ0n) is 16.0. The highest BCUT2D eigenvalue weighted by Crippen LogP contribution is 2.32. The molecule has 154 valence electrons. The molecule has 3 aromatic rings. The number of anilines is 1. The van der Waals surface area contributed by atoms with E-state index < -0.39 is 11.9 Å². The number of nitrogens with one attached hydrogen (secondary N) is 1. The van der Waals surface area contributed by atoms with E-state index in [0.29, 0.717) is 17.8 Å². The molecule has 0 amide bonds. The highest BCUT2D eigenvalue weighted by Gasteiger charge is 2.35. The van der Waals surface area contributed by atoms with Crippen LogP contribution in [0.15, 0.2) is 41.3 Å². The van der Waals surface area contributed by atoms with E-state index in [-0.39, 0.29) is 22.6 Å². The van der Waals surface area contributed by atoms with Crippen LogP contribution in [-0.2, 0) is 19.8 Å². The summed E-state index contributed by atoms with van der Waals surface area (Å²) in [7, 11) is 1.50. The van der Waals surface area contributed by atoms with Crippen LogP contribution in [0.5, 0.6) is 0 Å². The molecule has 0 saturated heterocycles. The summed E-state index contributed by atoms with van der Waals surface area (Å²) in [6.45, 7) is 3.93. The monoisotopic (exact) mass is 425 g/mol. The second-order valence-electron chi connectivity index (χ2n) is 6.81. The molecule has 2 heterocycles. The van der Waals surface area contributed by atoms with Crippen LogP contribution >= 0.6 is 11.6 Å². The van der Waals surface area contributed by atoms with Crippen molar-refractivity contribution >= 4 is 17.3 Å². The summed E-state index contributed by atoms with van der Waals surface area (Å²) in [5, 5.41) is 7.00. The topological polar surface area (TPSA) is 64.7 Å². The number of aromatic nitrogens is 4. The molecule has 0 fully saturated rings. The smallest absolute Gasteiger partial charge is 0.376 e. The maximum Gasteiger partial charge on any atom is 0.434 e. The third kappa shape index (κ3) is 4.61. The maximum absolute atomic E-state index is 13.1. The van der Waals surface area contributed by atoms with Crippen LogP contribution in [-0.4, -0.2) is 19.3 Å². The summed E-state index contributed by atoms with van der Waals surface area (Å²) in [6, 6.07) is 8.20. The fourth-order valence-electron chi connectivity index (χ4n) is 2.81. The van der Waals surface area contributed by atoms with Crippen molar-refractivity contribution < 1.29 is 13.2 Å². The molecule has 6 nitrogen and oxygen atoms in total. The van der Waals surface area contributed by atoms with Crippen LogP contribution < -0.4 is 10.9 Å².